The number of hydrogen-bond acceptors (Lipinski definition) is 9. The number of H-pyrrole nitrogens is 1. The van der Waals surface area contributed by atoms with Crippen molar-refractivity contribution < 1.29 is 108 Å². The topological polar surface area (TPSA) is 191 Å². The number of amides is 4. The van der Waals surface area contributed by atoms with Gasteiger partial charge >= 0.3 is 54.0 Å². The minimum atomic E-state index is -4.50. The fourth-order valence-electron chi connectivity index (χ4n) is 8.38. The van der Waals surface area contributed by atoms with Crippen LogP contribution in [0.25, 0.3) is 31.8 Å². The first-order chi connectivity index (χ1) is 29.0. The summed E-state index contributed by atoms with van der Waals surface area (Å²) < 4.78 is 102. The molecule has 4 fully saturated rings. The maximum atomic E-state index is 13.2. The van der Waals surface area contributed by atoms with Gasteiger partial charge in [0, 0.05) is 115 Å². The van der Waals surface area contributed by atoms with Crippen molar-refractivity contribution in [3.63, 3.8) is 0 Å². The first kappa shape index (κ1) is 49.2. The summed E-state index contributed by atoms with van der Waals surface area (Å²) in [5.41, 5.74) is 2.77. The summed E-state index contributed by atoms with van der Waals surface area (Å²) in [6.07, 6.45) is -2.96. The van der Waals surface area contributed by atoms with Crippen LogP contribution in [0, 0.1) is 25.0 Å². The van der Waals surface area contributed by atoms with Gasteiger partial charge in [0.05, 0.1) is 41.5 Å². The molecule has 8 heterocycles. The summed E-state index contributed by atoms with van der Waals surface area (Å²) in [5.74, 6) is 0.218. The van der Waals surface area contributed by atoms with Crippen molar-refractivity contribution in [3.05, 3.63) is 90.1 Å². The smallest absolute Gasteiger partial charge is 0.870 e. The monoisotopic (exact) mass is 965 g/mol. The predicted molar refractivity (Wildman–Crippen MR) is 260 cm³/mol. The standard InChI is InChI=1S/C22H19F3N6O3S.C16H15F3N6O.CH4.Na.H2O.20H2/c1-26-17-9-27-20-16(7-8-31(20)35(33,34)15-5-3-2-4-6-15)19(17)30-11-14-10-29(12-18(14)30)21(32)28-13-22(23,24)25;1-20-11-4-22-14-10(2-3-21-14)13(11)25-6-9-5-24(7-12(9)25)15(26)23-8-16(17,18)19;;;;;;;;;;;;;;;;;;;;;;;/h2-9,14,18H,10-13H2,(H,28,32);2-4,9,12H,5-8H2,(H,21,22)(H,23,26);1H4;;1H2;20*1H/q;;;+1;;;;;;;;;;;;;;;;;;;;;/p-1. The molecule has 4 amide bonds. The Morgan fingerprint density at radius 1 is 0.766 bits per heavy atom. The zero-order chi connectivity index (χ0) is 43.4. The van der Waals surface area contributed by atoms with Gasteiger partial charge in [-0.05, 0) is 24.3 Å². The van der Waals surface area contributed by atoms with E-state index in [9.17, 15) is 44.3 Å². The van der Waals surface area contributed by atoms with Crippen LogP contribution >= 0.6 is 0 Å². The number of fused-ring (bicyclic) bond motifs is 4. The van der Waals surface area contributed by atoms with Crippen molar-refractivity contribution in [2.45, 2.75) is 36.8 Å². The number of hydrogen-bond donors (Lipinski definition) is 3. The Hall–Kier alpha value is -5.79. The van der Waals surface area contributed by atoms with E-state index in [0.29, 0.717) is 55.1 Å². The SMILES string of the molecule is C.[C-]#[N+]c1cnc2[nH]ccc2c1N1CC2CN(C(=O)NCC(F)(F)F)CC21.[C-]#[N+]c1cnc2c(ccn2S(=O)(=O)c2ccccc2)c1N1CC2CN(C(=O)NCC(F)(F)F)CC21.[HH].[HH].[HH].[HH].[HH].[HH].[HH].[HH].[HH].[HH].[HH].[HH].[HH].[HH].[HH].[HH].[HH].[HH].[HH].[HH].[Na+].[OH-]. The molecule has 4 aromatic heterocycles. The Morgan fingerprint density at radius 2 is 1.27 bits per heavy atom. The van der Waals surface area contributed by atoms with Gasteiger partial charge in [-0.3, -0.25) is 4.98 Å². The second-order valence-electron chi connectivity index (χ2n) is 14.9. The van der Waals surface area contributed by atoms with Crippen molar-refractivity contribution >= 4 is 66.9 Å². The second kappa shape index (κ2) is 18.7. The van der Waals surface area contributed by atoms with Crippen LogP contribution in [0.3, 0.4) is 0 Å². The van der Waals surface area contributed by atoms with Crippen LogP contribution in [0.15, 0.2) is 72.1 Å². The number of nitrogens with one attached hydrogen (secondary N) is 3. The zero-order valence-electron chi connectivity index (χ0n) is 33.1. The van der Waals surface area contributed by atoms with E-state index in [1.807, 2.05) is 26.5 Å². The van der Waals surface area contributed by atoms with Crippen molar-refractivity contribution in [1.29, 1.82) is 0 Å². The molecule has 4 aliphatic rings. The summed E-state index contributed by atoms with van der Waals surface area (Å²) >= 11 is 0. The Morgan fingerprint density at radius 3 is 1.77 bits per heavy atom. The van der Waals surface area contributed by atoms with Crippen LogP contribution in [-0.2, 0) is 10.0 Å². The fourth-order valence-corrected chi connectivity index (χ4v) is 9.71. The number of carbonyl (C=O) groups excluding carboxylic acids is 2. The van der Waals surface area contributed by atoms with Gasteiger partial charge < -0.3 is 40.7 Å². The number of benzene rings is 1. The van der Waals surface area contributed by atoms with Gasteiger partial charge in [-0.2, -0.15) is 26.3 Å². The molecule has 0 saturated carbocycles. The maximum absolute atomic E-state index is 13.2. The molecule has 4 saturated heterocycles. The van der Waals surface area contributed by atoms with Crippen LogP contribution in [0.4, 0.5) is 58.7 Å². The molecule has 4 atom stereocenters. The quantitative estimate of drug-likeness (QED) is 0.0858. The number of likely N-dealkylation sites (tertiary alicyclic amines) is 2. The summed E-state index contributed by atoms with van der Waals surface area (Å²) in [6.45, 7) is 14.6. The molecule has 4 aliphatic heterocycles. The van der Waals surface area contributed by atoms with Crippen LogP contribution in [0.2, 0.25) is 0 Å². The Labute approximate surface area is 414 Å². The third-order valence-corrected chi connectivity index (χ3v) is 12.9. The van der Waals surface area contributed by atoms with Gasteiger partial charge in [-0.15, -0.1) is 0 Å². The van der Waals surface area contributed by atoms with E-state index in [2.05, 4.69) is 24.6 Å². The molecule has 25 heteroatoms. The van der Waals surface area contributed by atoms with Crippen LogP contribution in [-0.4, -0.2) is 131 Å². The first-order valence-electron chi connectivity index (χ1n) is 18.7. The third kappa shape index (κ3) is 9.37. The fraction of sp³-hybridized carbons (Fsp3) is 0.385. The van der Waals surface area contributed by atoms with Crippen molar-refractivity contribution in [1.82, 2.24) is 39.4 Å². The Balaban J connectivity index is -0.0000000629. The molecule has 0 aliphatic carbocycles. The first-order valence-corrected chi connectivity index (χ1v) is 20.2. The van der Waals surface area contributed by atoms with E-state index < -0.39 is 47.5 Å². The molecule has 4 N–H and O–H groups in total. The van der Waals surface area contributed by atoms with Gasteiger partial charge in [-0.1, -0.05) is 25.6 Å². The number of urea groups is 2. The number of halogens is 6. The molecule has 17 nitrogen and oxygen atoms in total. The predicted octanol–water partition coefficient (Wildman–Crippen LogP) is 8.11. The van der Waals surface area contributed by atoms with E-state index in [-0.39, 0.29) is 118 Å². The van der Waals surface area contributed by atoms with Crippen molar-refractivity contribution in [3.8, 4) is 0 Å². The molecule has 0 bridgehead atoms. The normalized spacial score (nSPS) is 19.8. The van der Waals surface area contributed by atoms with Gasteiger partial charge in [-0.25, -0.2) is 36.7 Å². The molecule has 1 aromatic carbocycles. The minimum absolute atomic E-state index is 0. The number of nitrogens with zero attached hydrogens (tertiary/aromatic N) is 9. The van der Waals surface area contributed by atoms with E-state index >= 15 is 0 Å². The second-order valence-corrected chi connectivity index (χ2v) is 16.7. The average molecular weight is 965 g/mol. The van der Waals surface area contributed by atoms with E-state index in [1.54, 1.807) is 30.5 Å². The number of carbonyl (C=O) groups is 2. The molecule has 5 aromatic rings. The van der Waals surface area contributed by atoms with Crippen molar-refractivity contribution in [2.75, 3.05) is 62.2 Å². The summed E-state index contributed by atoms with van der Waals surface area (Å²) in [6, 6.07) is 9.63. The number of pyridine rings is 2. The Kier molecular flexibility index (Phi) is 14.4. The summed E-state index contributed by atoms with van der Waals surface area (Å²) in [7, 11) is -3.92. The van der Waals surface area contributed by atoms with Gasteiger partial charge in [0.2, 0.25) is 11.4 Å². The Bertz CT molecular complexity index is 2790. The molecule has 4 unspecified atom stereocenters. The van der Waals surface area contributed by atoms with Crippen LogP contribution in [0.1, 0.15) is 36.0 Å². The van der Waals surface area contributed by atoms with Gasteiger partial charge in [0.1, 0.15) is 18.7 Å². The molecule has 64 heavy (non-hydrogen) atoms. The molecular formula is C39H79F6N12NaO5S. The molecular weight excluding hydrogens is 886 g/mol. The van der Waals surface area contributed by atoms with E-state index in [0.717, 1.165) is 15.0 Å². The third-order valence-electron chi connectivity index (χ3n) is 11.2. The van der Waals surface area contributed by atoms with Crippen molar-refractivity contribution in [2.24, 2.45) is 11.8 Å². The van der Waals surface area contributed by atoms with Gasteiger partial charge in [0.15, 0.2) is 5.65 Å². The maximum Gasteiger partial charge on any atom is 1.00 e. The molecule has 9 rings (SSSR count). The largest absolute Gasteiger partial charge is 1.00 e. The van der Waals surface area contributed by atoms with Crippen LogP contribution in [0.5, 0.6) is 0 Å². The summed E-state index contributed by atoms with van der Waals surface area (Å²) in [4.78, 5) is 49.5. The van der Waals surface area contributed by atoms with Crippen LogP contribution < -0.4 is 50.0 Å². The average Bonchev–Trinajstić information content (AvgIpc) is 4.02. The van der Waals surface area contributed by atoms with E-state index in [1.165, 1.54) is 40.5 Å². The summed E-state index contributed by atoms with van der Waals surface area (Å²) in [5, 5.41) is 5.11. The number of anilines is 2. The number of aromatic amines is 1. The molecule has 374 valence electrons. The molecule has 0 spiro atoms. The zero-order valence-corrected chi connectivity index (χ0v) is 35.9. The minimum Gasteiger partial charge on any atom is -0.870 e. The van der Waals surface area contributed by atoms with Gasteiger partial charge in [0.25, 0.3) is 10.0 Å². The number of aromatic nitrogens is 4. The number of alkyl halides is 6. The number of rotatable bonds is 6. The van der Waals surface area contributed by atoms with E-state index in [4.69, 9.17) is 13.1 Å². The molecule has 0 radical (unpaired) electrons.